The first-order chi connectivity index (χ1) is 11.4. The lowest BCUT2D eigenvalue weighted by Crippen LogP contribution is -2.42. The molecule has 0 aliphatic rings. The van der Waals surface area contributed by atoms with E-state index in [4.69, 9.17) is 9.47 Å². The Labute approximate surface area is 141 Å². The Morgan fingerprint density at radius 3 is 2.33 bits per heavy atom. The van der Waals surface area contributed by atoms with E-state index < -0.39 is 12.0 Å². The van der Waals surface area contributed by atoms with Gasteiger partial charge in [-0.25, -0.2) is 4.79 Å². The summed E-state index contributed by atoms with van der Waals surface area (Å²) in [7, 11) is 2.94. The van der Waals surface area contributed by atoms with Crippen LogP contribution in [0.3, 0.4) is 0 Å². The van der Waals surface area contributed by atoms with Crippen LogP contribution in [-0.2, 0) is 9.53 Å². The number of benzene rings is 2. The summed E-state index contributed by atoms with van der Waals surface area (Å²) in [5.74, 6) is 0.312. The maximum Gasteiger partial charge on any atom is 0.328 e. The van der Waals surface area contributed by atoms with Crippen molar-refractivity contribution in [2.45, 2.75) is 26.3 Å². The maximum absolute atomic E-state index is 12.5. The van der Waals surface area contributed by atoms with Gasteiger partial charge in [0.1, 0.15) is 11.8 Å². The van der Waals surface area contributed by atoms with Crippen molar-refractivity contribution in [3.05, 3.63) is 42.0 Å². The number of esters is 1. The van der Waals surface area contributed by atoms with Crippen molar-refractivity contribution in [3.63, 3.8) is 0 Å². The number of hydrogen-bond acceptors (Lipinski definition) is 4. The molecule has 2 aromatic rings. The normalized spacial score (nSPS) is 12.0. The maximum atomic E-state index is 12.5. The van der Waals surface area contributed by atoms with Gasteiger partial charge in [-0.2, -0.15) is 0 Å². The van der Waals surface area contributed by atoms with Crippen molar-refractivity contribution < 1.29 is 19.1 Å². The molecule has 0 saturated heterocycles. The largest absolute Gasteiger partial charge is 0.497 e. The molecule has 1 N–H and O–H groups in total. The monoisotopic (exact) mass is 329 g/mol. The van der Waals surface area contributed by atoms with Gasteiger partial charge in [0.15, 0.2) is 0 Å². The molecule has 0 radical (unpaired) electrons. The number of carbonyl (C=O) groups excluding carboxylic acids is 2. The molecule has 2 aromatic carbocycles. The highest BCUT2D eigenvalue weighted by molar-refractivity contribution is 6.00. The van der Waals surface area contributed by atoms with E-state index in [2.05, 4.69) is 5.32 Å². The van der Waals surface area contributed by atoms with Crippen LogP contribution >= 0.6 is 0 Å². The fraction of sp³-hybridized carbons (Fsp3) is 0.368. The third-order valence-electron chi connectivity index (χ3n) is 3.81. The minimum absolute atomic E-state index is 0.262. The number of hydrogen-bond donors (Lipinski definition) is 1. The van der Waals surface area contributed by atoms with Gasteiger partial charge in [0, 0.05) is 5.56 Å². The Hall–Kier alpha value is -2.56. The van der Waals surface area contributed by atoms with Gasteiger partial charge in [0.25, 0.3) is 5.91 Å². The van der Waals surface area contributed by atoms with E-state index >= 15 is 0 Å². The molecule has 24 heavy (non-hydrogen) atoms. The van der Waals surface area contributed by atoms with Gasteiger partial charge >= 0.3 is 5.97 Å². The van der Waals surface area contributed by atoms with Gasteiger partial charge in [-0.05, 0) is 47.4 Å². The van der Waals surface area contributed by atoms with Gasteiger partial charge in [-0.3, -0.25) is 4.79 Å². The quantitative estimate of drug-likeness (QED) is 0.827. The summed E-state index contributed by atoms with van der Waals surface area (Å²) in [5, 5.41) is 4.68. The van der Waals surface area contributed by atoms with E-state index in [0.29, 0.717) is 12.0 Å². The number of ether oxygens (including phenoxy) is 2. The second-order valence-corrected chi connectivity index (χ2v) is 6.11. The Kier molecular flexibility index (Phi) is 5.79. The molecule has 0 aliphatic carbocycles. The predicted molar refractivity (Wildman–Crippen MR) is 93.2 cm³/mol. The Balaban J connectivity index is 2.21. The molecule has 0 fully saturated rings. The van der Waals surface area contributed by atoms with Gasteiger partial charge in [-0.15, -0.1) is 0 Å². The summed E-state index contributed by atoms with van der Waals surface area (Å²) in [6.07, 6.45) is 0.531. The number of fused-ring (bicyclic) bond motifs is 1. The Morgan fingerprint density at radius 1 is 1.04 bits per heavy atom. The summed E-state index contributed by atoms with van der Waals surface area (Å²) in [6.45, 7) is 3.98. The van der Waals surface area contributed by atoms with E-state index in [0.717, 1.165) is 16.5 Å². The van der Waals surface area contributed by atoms with Gasteiger partial charge < -0.3 is 14.8 Å². The van der Waals surface area contributed by atoms with E-state index in [9.17, 15) is 9.59 Å². The van der Waals surface area contributed by atoms with Crippen LogP contribution in [0, 0.1) is 5.92 Å². The fourth-order valence-corrected chi connectivity index (χ4v) is 2.56. The van der Waals surface area contributed by atoms with Crippen molar-refractivity contribution in [2.24, 2.45) is 5.92 Å². The number of carbonyl (C=O) groups is 2. The van der Waals surface area contributed by atoms with Crippen LogP contribution in [0.15, 0.2) is 36.4 Å². The first-order valence-electron chi connectivity index (χ1n) is 7.91. The Morgan fingerprint density at radius 2 is 1.71 bits per heavy atom. The molecule has 1 unspecified atom stereocenters. The number of amides is 1. The summed E-state index contributed by atoms with van der Waals surface area (Å²) in [6, 6.07) is 10.4. The van der Waals surface area contributed by atoms with Crippen molar-refractivity contribution in [2.75, 3.05) is 14.2 Å². The molecule has 0 spiro atoms. The second-order valence-electron chi connectivity index (χ2n) is 6.11. The van der Waals surface area contributed by atoms with Crippen molar-refractivity contribution in [3.8, 4) is 5.75 Å². The molecule has 0 saturated carbocycles. The summed E-state index contributed by atoms with van der Waals surface area (Å²) in [4.78, 5) is 24.3. The van der Waals surface area contributed by atoms with Crippen molar-refractivity contribution >= 4 is 22.6 Å². The average molecular weight is 329 g/mol. The van der Waals surface area contributed by atoms with Crippen LogP contribution in [0.1, 0.15) is 30.6 Å². The molecule has 0 heterocycles. The smallest absolute Gasteiger partial charge is 0.328 e. The topological polar surface area (TPSA) is 64.6 Å². The van der Waals surface area contributed by atoms with Crippen LogP contribution in [0.5, 0.6) is 5.75 Å². The van der Waals surface area contributed by atoms with Crippen LogP contribution in [0.4, 0.5) is 0 Å². The molecule has 128 valence electrons. The van der Waals surface area contributed by atoms with Crippen molar-refractivity contribution in [1.82, 2.24) is 5.32 Å². The molecule has 0 aromatic heterocycles. The molecular weight excluding hydrogens is 306 g/mol. The van der Waals surface area contributed by atoms with Gasteiger partial charge in [0.2, 0.25) is 0 Å². The Bertz CT molecular complexity index is 739. The molecule has 5 nitrogen and oxygen atoms in total. The third-order valence-corrected chi connectivity index (χ3v) is 3.81. The third kappa shape index (κ3) is 4.25. The first kappa shape index (κ1) is 17.8. The zero-order chi connectivity index (χ0) is 17.7. The lowest BCUT2D eigenvalue weighted by atomic mass is 10.0. The summed E-state index contributed by atoms with van der Waals surface area (Å²) >= 11 is 0. The highest BCUT2D eigenvalue weighted by Crippen LogP contribution is 2.22. The standard InChI is InChI=1S/C19H23NO4/c1-12(2)9-17(19(22)24-4)20-18(21)15-6-5-14-11-16(23-3)8-7-13(14)10-15/h5-8,10-12,17H,9H2,1-4H3,(H,20,21). The molecule has 1 amide bonds. The second kappa shape index (κ2) is 7.81. The molecule has 0 aliphatic heterocycles. The van der Waals surface area contributed by atoms with Crippen molar-refractivity contribution in [1.29, 1.82) is 0 Å². The minimum Gasteiger partial charge on any atom is -0.497 e. The summed E-state index contributed by atoms with van der Waals surface area (Å²) < 4.78 is 9.98. The molecule has 2 rings (SSSR count). The number of nitrogens with one attached hydrogen (secondary N) is 1. The SMILES string of the molecule is COC(=O)C(CC(C)C)NC(=O)c1ccc2cc(OC)ccc2c1. The lowest BCUT2D eigenvalue weighted by Gasteiger charge is -2.18. The van der Waals surface area contributed by atoms with E-state index in [1.807, 2.05) is 38.1 Å². The van der Waals surface area contributed by atoms with Crippen LogP contribution in [0.25, 0.3) is 10.8 Å². The van der Waals surface area contributed by atoms with Gasteiger partial charge in [0.05, 0.1) is 14.2 Å². The van der Waals surface area contributed by atoms with E-state index in [-0.39, 0.29) is 11.8 Å². The molecular formula is C19H23NO4. The summed E-state index contributed by atoms with van der Waals surface area (Å²) in [5.41, 5.74) is 0.505. The first-order valence-corrected chi connectivity index (χ1v) is 7.91. The lowest BCUT2D eigenvalue weighted by molar-refractivity contribution is -0.143. The highest BCUT2D eigenvalue weighted by Gasteiger charge is 2.23. The molecule has 5 heteroatoms. The fourth-order valence-electron chi connectivity index (χ4n) is 2.56. The van der Waals surface area contributed by atoms with Gasteiger partial charge in [-0.1, -0.05) is 26.0 Å². The minimum atomic E-state index is -0.644. The predicted octanol–water partition coefficient (Wildman–Crippen LogP) is 3.17. The molecule has 0 bridgehead atoms. The van der Waals surface area contributed by atoms with E-state index in [1.165, 1.54) is 7.11 Å². The average Bonchev–Trinajstić information content (AvgIpc) is 2.58. The highest BCUT2D eigenvalue weighted by atomic mass is 16.5. The molecule has 1 atom stereocenters. The van der Waals surface area contributed by atoms with Crippen LogP contribution in [-0.4, -0.2) is 32.1 Å². The number of methoxy groups -OCH3 is 2. The zero-order valence-corrected chi connectivity index (χ0v) is 14.5. The van der Waals surface area contributed by atoms with Crippen LogP contribution in [0.2, 0.25) is 0 Å². The van der Waals surface area contributed by atoms with E-state index in [1.54, 1.807) is 19.2 Å². The number of rotatable bonds is 6. The van der Waals surface area contributed by atoms with Crippen LogP contribution < -0.4 is 10.1 Å². The zero-order valence-electron chi connectivity index (χ0n) is 14.5.